The van der Waals surface area contributed by atoms with E-state index in [0.717, 1.165) is 25.1 Å². The van der Waals surface area contributed by atoms with Gasteiger partial charge in [-0.2, -0.15) is 0 Å². The Balaban J connectivity index is 2.40. The first-order valence-corrected chi connectivity index (χ1v) is 7.75. The zero-order valence-corrected chi connectivity index (χ0v) is 13.7. The Kier molecular flexibility index (Phi) is 5.41. The van der Waals surface area contributed by atoms with Crippen LogP contribution in [-0.2, 0) is 4.74 Å². The number of hydrogen-bond donors (Lipinski definition) is 1. The Hall–Kier alpha value is -0.650. The van der Waals surface area contributed by atoms with Gasteiger partial charge in [-0.3, -0.25) is 0 Å². The molecule has 112 valence electrons. The van der Waals surface area contributed by atoms with E-state index >= 15 is 0 Å². The summed E-state index contributed by atoms with van der Waals surface area (Å²) in [4.78, 5) is 0. The van der Waals surface area contributed by atoms with Gasteiger partial charge in [-0.15, -0.1) is 0 Å². The van der Waals surface area contributed by atoms with Crippen LogP contribution in [0.2, 0.25) is 0 Å². The molecule has 3 nitrogen and oxygen atoms in total. The highest BCUT2D eigenvalue weighted by molar-refractivity contribution is 9.10. The highest BCUT2D eigenvalue weighted by atomic mass is 79.9. The summed E-state index contributed by atoms with van der Waals surface area (Å²) in [6.07, 6.45) is 1.14. The average molecular weight is 346 g/mol. The molecule has 1 aromatic carbocycles. The van der Waals surface area contributed by atoms with Crippen LogP contribution in [0, 0.1) is 11.7 Å². The van der Waals surface area contributed by atoms with Gasteiger partial charge in [0.1, 0.15) is 11.6 Å². The van der Waals surface area contributed by atoms with Crippen molar-refractivity contribution in [1.82, 2.24) is 5.32 Å². The number of likely N-dealkylation sites (N-methyl/N-ethyl adjacent to an activating group) is 1. The van der Waals surface area contributed by atoms with Crippen molar-refractivity contribution in [2.45, 2.75) is 32.4 Å². The minimum atomic E-state index is -0.318. The molecule has 1 saturated heterocycles. The summed E-state index contributed by atoms with van der Waals surface area (Å²) in [6.45, 7) is 5.83. The SMILES string of the molecule is CCNC(c1cc(Br)c(F)cc1OC)C1OCCC1C. The van der Waals surface area contributed by atoms with E-state index in [1.165, 1.54) is 6.07 Å². The first kappa shape index (κ1) is 15.7. The summed E-state index contributed by atoms with van der Waals surface area (Å²) in [5.74, 6) is 0.702. The lowest BCUT2D eigenvalue weighted by Gasteiger charge is -2.28. The number of methoxy groups -OCH3 is 1. The molecule has 3 unspecified atom stereocenters. The minimum absolute atomic E-state index is 0.00403. The van der Waals surface area contributed by atoms with E-state index in [4.69, 9.17) is 9.47 Å². The van der Waals surface area contributed by atoms with Crippen LogP contribution in [0.1, 0.15) is 31.9 Å². The smallest absolute Gasteiger partial charge is 0.141 e. The second-order valence-corrected chi connectivity index (χ2v) is 6.00. The summed E-state index contributed by atoms with van der Waals surface area (Å²) in [5.41, 5.74) is 0.932. The van der Waals surface area contributed by atoms with E-state index in [-0.39, 0.29) is 18.0 Å². The molecule has 1 N–H and O–H groups in total. The van der Waals surface area contributed by atoms with E-state index in [0.29, 0.717) is 16.1 Å². The zero-order chi connectivity index (χ0) is 14.7. The standard InChI is InChI=1S/C15H21BrFNO2/c1-4-18-14(15-9(2)5-6-20-15)10-7-11(16)12(17)8-13(10)19-3/h7-9,14-15,18H,4-6H2,1-3H3. The zero-order valence-electron chi connectivity index (χ0n) is 12.1. The minimum Gasteiger partial charge on any atom is -0.496 e. The molecule has 0 aromatic heterocycles. The molecule has 1 aromatic rings. The number of nitrogens with one attached hydrogen (secondary N) is 1. The van der Waals surface area contributed by atoms with Gasteiger partial charge in [-0.25, -0.2) is 4.39 Å². The molecule has 5 heteroatoms. The van der Waals surface area contributed by atoms with Crippen LogP contribution >= 0.6 is 15.9 Å². The lowest BCUT2D eigenvalue weighted by Crippen LogP contribution is -2.35. The van der Waals surface area contributed by atoms with Crippen molar-refractivity contribution in [1.29, 1.82) is 0 Å². The fourth-order valence-electron chi connectivity index (χ4n) is 2.73. The molecule has 1 fully saturated rings. The molecule has 0 amide bonds. The summed E-state index contributed by atoms with van der Waals surface area (Å²) in [7, 11) is 1.56. The van der Waals surface area contributed by atoms with Crippen molar-refractivity contribution in [2.75, 3.05) is 20.3 Å². The number of benzene rings is 1. The predicted octanol–water partition coefficient (Wildman–Crippen LogP) is 3.67. The summed E-state index contributed by atoms with van der Waals surface area (Å²) in [6, 6.07) is 3.21. The number of hydrogen-bond acceptors (Lipinski definition) is 3. The summed E-state index contributed by atoms with van der Waals surface area (Å²) < 4.78 is 25.3. The topological polar surface area (TPSA) is 30.5 Å². The lowest BCUT2D eigenvalue weighted by atomic mass is 9.92. The molecule has 2 rings (SSSR count). The maximum absolute atomic E-state index is 13.7. The molecular weight excluding hydrogens is 325 g/mol. The van der Waals surface area contributed by atoms with Crippen LogP contribution < -0.4 is 10.1 Å². The van der Waals surface area contributed by atoms with Gasteiger partial charge in [0.05, 0.1) is 23.7 Å². The second-order valence-electron chi connectivity index (χ2n) is 5.14. The molecule has 0 spiro atoms. The van der Waals surface area contributed by atoms with Gasteiger partial charge in [-0.05, 0) is 40.9 Å². The Labute approximate surface area is 128 Å². The predicted molar refractivity (Wildman–Crippen MR) is 80.6 cm³/mol. The molecular formula is C15H21BrFNO2. The number of ether oxygens (including phenoxy) is 2. The molecule has 1 aliphatic rings. The van der Waals surface area contributed by atoms with Crippen molar-refractivity contribution in [3.8, 4) is 5.75 Å². The van der Waals surface area contributed by atoms with Crippen molar-refractivity contribution in [3.05, 3.63) is 28.0 Å². The van der Waals surface area contributed by atoms with Crippen LogP contribution in [-0.4, -0.2) is 26.4 Å². The van der Waals surface area contributed by atoms with E-state index in [2.05, 4.69) is 35.1 Å². The van der Waals surface area contributed by atoms with Gasteiger partial charge in [0.2, 0.25) is 0 Å². The fourth-order valence-corrected chi connectivity index (χ4v) is 3.09. The lowest BCUT2D eigenvalue weighted by molar-refractivity contribution is 0.0604. The maximum atomic E-state index is 13.7. The van der Waals surface area contributed by atoms with Crippen LogP contribution in [0.4, 0.5) is 4.39 Å². The van der Waals surface area contributed by atoms with Crippen molar-refractivity contribution < 1.29 is 13.9 Å². The molecule has 0 aliphatic carbocycles. The third-order valence-electron chi connectivity index (χ3n) is 3.80. The fraction of sp³-hybridized carbons (Fsp3) is 0.600. The number of rotatable bonds is 5. The highest BCUT2D eigenvalue weighted by Crippen LogP contribution is 2.37. The third-order valence-corrected chi connectivity index (χ3v) is 4.41. The van der Waals surface area contributed by atoms with Gasteiger partial charge < -0.3 is 14.8 Å². The molecule has 0 bridgehead atoms. The molecule has 20 heavy (non-hydrogen) atoms. The first-order valence-electron chi connectivity index (χ1n) is 6.96. The van der Waals surface area contributed by atoms with Crippen LogP contribution in [0.5, 0.6) is 5.75 Å². The van der Waals surface area contributed by atoms with Crippen molar-refractivity contribution in [2.24, 2.45) is 5.92 Å². The Morgan fingerprint density at radius 2 is 2.30 bits per heavy atom. The van der Waals surface area contributed by atoms with Crippen LogP contribution in [0.15, 0.2) is 16.6 Å². The van der Waals surface area contributed by atoms with E-state index in [9.17, 15) is 4.39 Å². The summed E-state index contributed by atoms with van der Waals surface area (Å²) >= 11 is 3.25. The average Bonchev–Trinajstić information content (AvgIpc) is 2.85. The maximum Gasteiger partial charge on any atom is 0.141 e. The Bertz CT molecular complexity index is 469. The molecule has 0 saturated carbocycles. The molecule has 1 heterocycles. The first-order chi connectivity index (χ1) is 9.58. The normalized spacial score (nSPS) is 23.9. The summed E-state index contributed by atoms with van der Waals surface area (Å²) in [5, 5.41) is 3.44. The highest BCUT2D eigenvalue weighted by Gasteiger charge is 2.34. The van der Waals surface area contributed by atoms with Gasteiger partial charge in [0, 0.05) is 18.2 Å². The second kappa shape index (κ2) is 6.87. The van der Waals surface area contributed by atoms with Gasteiger partial charge in [0.15, 0.2) is 0 Å². The third kappa shape index (κ3) is 3.15. The quantitative estimate of drug-likeness (QED) is 0.882. The monoisotopic (exact) mass is 345 g/mol. The molecule has 1 aliphatic heterocycles. The molecule has 0 radical (unpaired) electrons. The van der Waals surface area contributed by atoms with E-state index in [1.54, 1.807) is 13.2 Å². The van der Waals surface area contributed by atoms with E-state index in [1.807, 2.05) is 0 Å². The molecule has 3 atom stereocenters. The Morgan fingerprint density at radius 1 is 1.55 bits per heavy atom. The van der Waals surface area contributed by atoms with Crippen molar-refractivity contribution in [3.63, 3.8) is 0 Å². The van der Waals surface area contributed by atoms with Crippen LogP contribution in [0.3, 0.4) is 0 Å². The van der Waals surface area contributed by atoms with Crippen molar-refractivity contribution >= 4 is 15.9 Å². The Morgan fingerprint density at radius 3 is 2.85 bits per heavy atom. The number of halogens is 2. The largest absolute Gasteiger partial charge is 0.496 e. The van der Waals surface area contributed by atoms with Gasteiger partial charge in [0.25, 0.3) is 0 Å². The van der Waals surface area contributed by atoms with Crippen LogP contribution in [0.25, 0.3) is 0 Å². The van der Waals surface area contributed by atoms with E-state index < -0.39 is 0 Å². The van der Waals surface area contributed by atoms with Gasteiger partial charge in [-0.1, -0.05) is 13.8 Å². The van der Waals surface area contributed by atoms with Gasteiger partial charge >= 0.3 is 0 Å².